The van der Waals surface area contributed by atoms with Crippen molar-refractivity contribution in [3.8, 4) is 0 Å². The van der Waals surface area contributed by atoms with Crippen LogP contribution < -0.4 is 5.32 Å². The quantitative estimate of drug-likeness (QED) is 0.855. The normalized spacial score (nSPS) is 24.6. The monoisotopic (exact) mass is 387 g/mol. The number of benzene rings is 1. The summed E-state index contributed by atoms with van der Waals surface area (Å²) in [5.74, 6) is 0.294. The summed E-state index contributed by atoms with van der Waals surface area (Å²) in [4.78, 5) is 18.5. The molecule has 2 aliphatic heterocycles. The van der Waals surface area contributed by atoms with Crippen LogP contribution in [0.15, 0.2) is 23.2 Å². The first-order chi connectivity index (χ1) is 11.3. The molecule has 0 spiro atoms. The fraction of sp³-hybridized carbons (Fsp3) is 0.467. The first-order valence-electron chi connectivity index (χ1n) is 7.45. The molecule has 0 saturated carbocycles. The third kappa shape index (κ3) is 3.55. The number of anilines is 1. The highest BCUT2D eigenvalue weighted by molar-refractivity contribution is 8.14. The Morgan fingerprint density at radius 3 is 2.92 bits per heavy atom. The molecule has 1 fully saturated rings. The summed E-state index contributed by atoms with van der Waals surface area (Å²) in [6, 6.07) is 5.06. The Hall–Kier alpha value is -1.25. The van der Waals surface area contributed by atoms with Crippen LogP contribution in [0, 0.1) is 6.92 Å². The second-order valence-electron chi connectivity index (χ2n) is 5.98. The number of amides is 1. The SMILES string of the molecule is Cc1c(Cl)cccc1NC(=O)CSC1=N[C@H]2CS(=O)(=O)C[C@@H]2N1C. The second kappa shape index (κ2) is 6.57. The lowest BCUT2D eigenvalue weighted by atomic mass is 10.2. The second-order valence-corrected chi connectivity index (χ2v) is 9.49. The van der Waals surface area contributed by atoms with Crippen LogP contribution in [-0.2, 0) is 14.6 Å². The van der Waals surface area contributed by atoms with Crippen molar-refractivity contribution in [3.63, 3.8) is 0 Å². The Morgan fingerprint density at radius 2 is 2.21 bits per heavy atom. The highest BCUT2D eigenvalue weighted by atomic mass is 35.5. The average Bonchev–Trinajstić information content (AvgIpc) is 2.95. The lowest BCUT2D eigenvalue weighted by Gasteiger charge is -2.20. The lowest BCUT2D eigenvalue weighted by Crippen LogP contribution is -2.35. The predicted octanol–water partition coefficient (Wildman–Crippen LogP) is 1.79. The Kier molecular flexibility index (Phi) is 4.81. The van der Waals surface area contributed by atoms with Crippen molar-refractivity contribution in [2.24, 2.45) is 4.99 Å². The first-order valence-corrected chi connectivity index (χ1v) is 10.6. The summed E-state index contributed by atoms with van der Waals surface area (Å²) >= 11 is 7.37. The molecule has 0 aliphatic carbocycles. The third-order valence-electron chi connectivity index (χ3n) is 4.24. The Balaban J connectivity index is 1.58. The summed E-state index contributed by atoms with van der Waals surface area (Å²) in [5.41, 5.74) is 1.52. The maximum Gasteiger partial charge on any atom is 0.234 e. The molecule has 1 aromatic rings. The van der Waals surface area contributed by atoms with Gasteiger partial charge in [0.25, 0.3) is 0 Å². The molecular formula is C15H18ClN3O3S2. The van der Waals surface area contributed by atoms with E-state index in [4.69, 9.17) is 11.6 Å². The number of hydrogen-bond donors (Lipinski definition) is 1. The van der Waals surface area contributed by atoms with E-state index in [0.717, 1.165) is 10.7 Å². The van der Waals surface area contributed by atoms with Crippen molar-refractivity contribution in [1.29, 1.82) is 0 Å². The average molecular weight is 388 g/mol. The molecule has 0 bridgehead atoms. The highest BCUT2D eigenvalue weighted by Crippen LogP contribution is 2.30. The molecular weight excluding hydrogens is 370 g/mol. The van der Waals surface area contributed by atoms with Gasteiger partial charge in [0.1, 0.15) is 0 Å². The van der Waals surface area contributed by atoms with Crippen LogP contribution in [0.4, 0.5) is 5.69 Å². The lowest BCUT2D eigenvalue weighted by molar-refractivity contribution is -0.113. The summed E-state index contributed by atoms with van der Waals surface area (Å²) in [7, 11) is -1.16. The number of nitrogens with zero attached hydrogens (tertiary/aromatic N) is 2. The molecule has 0 radical (unpaired) electrons. The molecule has 2 atom stereocenters. The van der Waals surface area contributed by atoms with Crippen LogP contribution in [0.2, 0.25) is 5.02 Å². The van der Waals surface area contributed by atoms with Crippen molar-refractivity contribution in [2.45, 2.75) is 19.0 Å². The number of fused-ring (bicyclic) bond motifs is 1. The van der Waals surface area contributed by atoms with Gasteiger partial charge in [-0.15, -0.1) is 0 Å². The fourth-order valence-electron chi connectivity index (χ4n) is 2.88. The molecule has 0 aromatic heterocycles. The number of thioether (sulfide) groups is 1. The number of sulfone groups is 1. The largest absolute Gasteiger partial charge is 0.348 e. The number of rotatable bonds is 3. The summed E-state index contributed by atoms with van der Waals surface area (Å²) in [5, 5.41) is 4.17. The molecule has 2 heterocycles. The van der Waals surface area contributed by atoms with Crippen molar-refractivity contribution < 1.29 is 13.2 Å². The van der Waals surface area contributed by atoms with Gasteiger partial charge in [0.15, 0.2) is 15.0 Å². The maximum atomic E-state index is 12.1. The molecule has 1 N–H and O–H groups in total. The zero-order chi connectivity index (χ0) is 17.5. The molecule has 6 nitrogen and oxygen atoms in total. The standard InChI is InChI=1S/C15H18ClN3O3S2/c1-9-10(16)4-3-5-11(9)17-14(20)6-23-15-18-12-7-24(21,22)8-13(12)19(15)2/h3-5,12-13H,6-8H2,1-2H3,(H,17,20)/t12-,13-/m0/s1. The van der Waals surface area contributed by atoms with Crippen LogP contribution in [0.5, 0.6) is 0 Å². The Bertz CT molecular complexity index is 810. The van der Waals surface area contributed by atoms with E-state index in [-0.39, 0.29) is 35.2 Å². The number of nitrogens with one attached hydrogen (secondary N) is 1. The van der Waals surface area contributed by atoms with Crippen molar-refractivity contribution in [2.75, 3.05) is 29.6 Å². The van der Waals surface area contributed by atoms with Crippen LogP contribution in [0.25, 0.3) is 0 Å². The molecule has 1 aromatic carbocycles. The van der Waals surface area contributed by atoms with Gasteiger partial charge >= 0.3 is 0 Å². The van der Waals surface area contributed by atoms with Gasteiger partial charge in [-0.25, -0.2) is 8.42 Å². The minimum absolute atomic E-state index is 0.0972. The molecule has 130 valence electrons. The molecule has 2 aliphatic rings. The van der Waals surface area contributed by atoms with E-state index in [0.29, 0.717) is 10.7 Å². The Morgan fingerprint density at radius 1 is 1.46 bits per heavy atom. The molecule has 9 heteroatoms. The van der Waals surface area contributed by atoms with Gasteiger partial charge in [-0.2, -0.15) is 0 Å². The minimum Gasteiger partial charge on any atom is -0.348 e. The number of likely N-dealkylation sites (N-methyl/N-ethyl adjacent to an activating group) is 1. The first kappa shape index (κ1) is 17.6. The van der Waals surface area contributed by atoms with E-state index < -0.39 is 9.84 Å². The van der Waals surface area contributed by atoms with Crippen molar-refractivity contribution in [3.05, 3.63) is 28.8 Å². The molecule has 1 amide bonds. The number of carbonyl (C=O) groups is 1. The number of hydrogen-bond acceptors (Lipinski definition) is 6. The topological polar surface area (TPSA) is 78.8 Å². The molecule has 1 saturated heterocycles. The summed E-state index contributed by atoms with van der Waals surface area (Å²) < 4.78 is 23.3. The highest BCUT2D eigenvalue weighted by Gasteiger charge is 2.45. The van der Waals surface area contributed by atoms with Crippen molar-refractivity contribution in [1.82, 2.24) is 4.90 Å². The van der Waals surface area contributed by atoms with Crippen LogP contribution in [0.3, 0.4) is 0 Å². The van der Waals surface area contributed by atoms with E-state index in [1.807, 2.05) is 18.9 Å². The van der Waals surface area contributed by atoms with Gasteiger partial charge in [-0.3, -0.25) is 9.79 Å². The van der Waals surface area contributed by atoms with Crippen LogP contribution >= 0.6 is 23.4 Å². The number of carbonyl (C=O) groups excluding carboxylic acids is 1. The zero-order valence-corrected chi connectivity index (χ0v) is 15.7. The van der Waals surface area contributed by atoms with Gasteiger partial charge < -0.3 is 10.2 Å². The Labute approximate surface area is 150 Å². The maximum absolute atomic E-state index is 12.1. The summed E-state index contributed by atoms with van der Waals surface area (Å²) in [6.07, 6.45) is 0. The molecule has 24 heavy (non-hydrogen) atoms. The molecule has 3 rings (SSSR count). The van der Waals surface area contributed by atoms with Gasteiger partial charge in [-0.1, -0.05) is 29.4 Å². The van der Waals surface area contributed by atoms with Gasteiger partial charge in [-0.05, 0) is 24.6 Å². The smallest absolute Gasteiger partial charge is 0.234 e. The van der Waals surface area contributed by atoms with Gasteiger partial charge in [0, 0.05) is 17.8 Å². The third-order valence-corrected chi connectivity index (χ3v) is 7.41. The predicted molar refractivity (Wildman–Crippen MR) is 98.7 cm³/mol. The van der Waals surface area contributed by atoms with E-state index in [9.17, 15) is 13.2 Å². The van der Waals surface area contributed by atoms with E-state index in [2.05, 4.69) is 10.3 Å². The van der Waals surface area contributed by atoms with Gasteiger partial charge in [0.05, 0.1) is 29.3 Å². The van der Waals surface area contributed by atoms with E-state index in [1.54, 1.807) is 18.2 Å². The minimum atomic E-state index is -2.99. The van der Waals surface area contributed by atoms with Crippen LogP contribution in [-0.4, -0.2) is 60.8 Å². The zero-order valence-electron chi connectivity index (χ0n) is 13.3. The summed E-state index contributed by atoms with van der Waals surface area (Å²) in [6.45, 7) is 1.85. The number of aliphatic imine (C=N–C) groups is 1. The van der Waals surface area contributed by atoms with Gasteiger partial charge in [0.2, 0.25) is 5.91 Å². The number of halogens is 1. The van der Waals surface area contributed by atoms with Crippen molar-refractivity contribution >= 4 is 50.0 Å². The van der Waals surface area contributed by atoms with E-state index in [1.165, 1.54) is 11.8 Å². The molecule has 0 unspecified atom stereocenters. The van der Waals surface area contributed by atoms with E-state index >= 15 is 0 Å². The number of amidine groups is 1. The fourth-order valence-corrected chi connectivity index (χ4v) is 5.85. The van der Waals surface area contributed by atoms with Crippen LogP contribution in [0.1, 0.15) is 5.56 Å².